The third-order valence-corrected chi connectivity index (χ3v) is 3.72. The zero-order valence-electron chi connectivity index (χ0n) is 11.5. The molecule has 0 bridgehead atoms. The van der Waals surface area contributed by atoms with Gasteiger partial charge in [0.15, 0.2) is 5.78 Å². The molecule has 4 nitrogen and oxygen atoms in total. The second-order valence-electron chi connectivity index (χ2n) is 5.21. The maximum atomic E-state index is 12.4. The predicted molar refractivity (Wildman–Crippen MR) is 80.0 cm³/mol. The lowest BCUT2D eigenvalue weighted by atomic mass is 10.1. The number of aromatic nitrogens is 1. The molecule has 2 aromatic rings. The average molecular weight is 269 g/mol. The fourth-order valence-electron chi connectivity index (χ4n) is 2.60. The molecule has 104 valence electrons. The van der Waals surface area contributed by atoms with Crippen LogP contribution in [-0.4, -0.2) is 48.4 Å². The van der Waals surface area contributed by atoms with Gasteiger partial charge in [-0.2, -0.15) is 0 Å². The van der Waals surface area contributed by atoms with Crippen molar-refractivity contribution in [3.8, 4) is 0 Å². The van der Waals surface area contributed by atoms with E-state index >= 15 is 0 Å². The third-order valence-electron chi connectivity index (χ3n) is 3.72. The van der Waals surface area contributed by atoms with Gasteiger partial charge in [-0.25, -0.2) is 0 Å². The third kappa shape index (κ3) is 3.03. The molecule has 2 heterocycles. The van der Waals surface area contributed by atoms with Crippen molar-refractivity contribution in [3.63, 3.8) is 0 Å². The van der Waals surface area contributed by atoms with Gasteiger partial charge in [-0.15, -0.1) is 0 Å². The quantitative estimate of drug-likeness (QED) is 0.862. The number of carbonyl (C=O) groups is 1. The van der Waals surface area contributed by atoms with E-state index in [0.717, 1.165) is 49.1 Å². The lowest BCUT2D eigenvalue weighted by molar-refractivity contribution is 0.0935. The zero-order valence-corrected chi connectivity index (χ0v) is 11.5. The SMILES string of the molecule is O=C(CN1CCCNCC1)c1ccc2ncccc2c1. The molecule has 20 heavy (non-hydrogen) atoms. The van der Waals surface area contributed by atoms with Crippen molar-refractivity contribution in [2.24, 2.45) is 0 Å². The number of benzene rings is 1. The van der Waals surface area contributed by atoms with Crippen LogP contribution >= 0.6 is 0 Å². The van der Waals surface area contributed by atoms with Gasteiger partial charge in [0.25, 0.3) is 0 Å². The van der Waals surface area contributed by atoms with Crippen LogP contribution in [0.2, 0.25) is 0 Å². The van der Waals surface area contributed by atoms with E-state index in [9.17, 15) is 4.79 Å². The lowest BCUT2D eigenvalue weighted by Crippen LogP contribution is -2.33. The first-order chi connectivity index (χ1) is 9.83. The number of nitrogens with zero attached hydrogens (tertiary/aromatic N) is 2. The summed E-state index contributed by atoms with van der Waals surface area (Å²) in [6, 6.07) is 9.65. The number of hydrogen-bond donors (Lipinski definition) is 1. The number of hydrogen-bond acceptors (Lipinski definition) is 4. The number of rotatable bonds is 3. The van der Waals surface area contributed by atoms with Gasteiger partial charge >= 0.3 is 0 Å². The fraction of sp³-hybridized carbons (Fsp3) is 0.375. The molecule has 4 heteroatoms. The first-order valence-corrected chi connectivity index (χ1v) is 7.14. The van der Waals surface area contributed by atoms with Gasteiger partial charge in [-0.1, -0.05) is 6.07 Å². The summed E-state index contributed by atoms with van der Waals surface area (Å²) < 4.78 is 0. The summed E-state index contributed by atoms with van der Waals surface area (Å²) in [6.45, 7) is 4.46. The molecule has 1 aromatic carbocycles. The summed E-state index contributed by atoms with van der Waals surface area (Å²) in [5.41, 5.74) is 1.71. The lowest BCUT2D eigenvalue weighted by Gasteiger charge is -2.18. The molecule has 0 amide bonds. The summed E-state index contributed by atoms with van der Waals surface area (Å²) in [7, 11) is 0. The Morgan fingerprint density at radius 1 is 1.25 bits per heavy atom. The van der Waals surface area contributed by atoms with Crippen LogP contribution in [0.3, 0.4) is 0 Å². The molecule has 3 rings (SSSR count). The first-order valence-electron chi connectivity index (χ1n) is 7.14. The van der Waals surface area contributed by atoms with E-state index < -0.39 is 0 Å². The van der Waals surface area contributed by atoms with E-state index in [1.807, 2.05) is 30.3 Å². The molecule has 0 atom stereocenters. The van der Waals surface area contributed by atoms with Crippen molar-refractivity contribution in [2.45, 2.75) is 6.42 Å². The van der Waals surface area contributed by atoms with Crippen LogP contribution in [0.4, 0.5) is 0 Å². The minimum atomic E-state index is 0.192. The number of carbonyl (C=O) groups excluding carboxylic acids is 1. The average Bonchev–Trinajstić information content (AvgIpc) is 2.75. The molecule has 1 N–H and O–H groups in total. The van der Waals surface area contributed by atoms with Gasteiger partial charge in [0.1, 0.15) is 0 Å². The Morgan fingerprint density at radius 2 is 2.20 bits per heavy atom. The molecule has 0 aliphatic carbocycles. The van der Waals surface area contributed by atoms with Crippen LogP contribution in [0.15, 0.2) is 36.5 Å². The highest BCUT2D eigenvalue weighted by molar-refractivity contribution is 6.00. The Hall–Kier alpha value is -1.78. The highest BCUT2D eigenvalue weighted by Crippen LogP contribution is 2.14. The highest BCUT2D eigenvalue weighted by atomic mass is 16.1. The van der Waals surface area contributed by atoms with Gasteiger partial charge < -0.3 is 5.32 Å². The Labute approximate surface area is 118 Å². The summed E-state index contributed by atoms with van der Waals surface area (Å²) in [4.78, 5) is 18.9. The van der Waals surface area contributed by atoms with E-state index in [4.69, 9.17) is 0 Å². The predicted octanol–water partition coefficient (Wildman–Crippen LogP) is 1.71. The zero-order chi connectivity index (χ0) is 13.8. The van der Waals surface area contributed by atoms with Crippen molar-refractivity contribution in [2.75, 3.05) is 32.7 Å². The van der Waals surface area contributed by atoms with Crippen molar-refractivity contribution < 1.29 is 4.79 Å². The van der Waals surface area contributed by atoms with Crippen LogP contribution in [0.25, 0.3) is 10.9 Å². The Balaban J connectivity index is 1.74. The smallest absolute Gasteiger partial charge is 0.176 e. The summed E-state index contributed by atoms with van der Waals surface area (Å²) in [5, 5.41) is 4.38. The second kappa shape index (κ2) is 6.11. The highest BCUT2D eigenvalue weighted by Gasteiger charge is 2.14. The number of Topliss-reactive ketones (excluding diaryl/α,β-unsaturated/α-hetero) is 1. The van der Waals surface area contributed by atoms with Crippen LogP contribution in [0.1, 0.15) is 16.8 Å². The Kier molecular flexibility index (Phi) is 4.04. The van der Waals surface area contributed by atoms with E-state index in [2.05, 4.69) is 15.2 Å². The number of nitrogens with one attached hydrogen (secondary N) is 1. The first kappa shape index (κ1) is 13.2. The Morgan fingerprint density at radius 3 is 3.15 bits per heavy atom. The molecule has 0 saturated carbocycles. The van der Waals surface area contributed by atoms with Crippen LogP contribution in [0, 0.1) is 0 Å². The van der Waals surface area contributed by atoms with Crippen molar-refractivity contribution in [1.82, 2.24) is 15.2 Å². The minimum absolute atomic E-state index is 0.192. The molecule has 0 spiro atoms. The molecular formula is C16H19N3O. The number of fused-ring (bicyclic) bond motifs is 1. The molecule has 1 aliphatic rings. The second-order valence-corrected chi connectivity index (χ2v) is 5.21. The Bertz CT molecular complexity index is 603. The number of pyridine rings is 1. The van der Waals surface area contributed by atoms with Gasteiger partial charge in [-0.3, -0.25) is 14.7 Å². The van der Waals surface area contributed by atoms with Crippen LogP contribution in [0.5, 0.6) is 0 Å². The number of ketones is 1. The van der Waals surface area contributed by atoms with E-state index in [0.29, 0.717) is 6.54 Å². The largest absolute Gasteiger partial charge is 0.315 e. The van der Waals surface area contributed by atoms with Gasteiger partial charge in [0.05, 0.1) is 12.1 Å². The molecule has 1 saturated heterocycles. The fourth-order valence-corrected chi connectivity index (χ4v) is 2.60. The van der Waals surface area contributed by atoms with Crippen molar-refractivity contribution in [1.29, 1.82) is 0 Å². The normalized spacial score (nSPS) is 17.0. The monoisotopic (exact) mass is 269 g/mol. The van der Waals surface area contributed by atoms with E-state index in [-0.39, 0.29) is 5.78 Å². The van der Waals surface area contributed by atoms with Gasteiger partial charge in [0.2, 0.25) is 0 Å². The van der Waals surface area contributed by atoms with Crippen molar-refractivity contribution >= 4 is 16.7 Å². The van der Waals surface area contributed by atoms with Gasteiger partial charge in [-0.05, 0) is 43.8 Å². The minimum Gasteiger partial charge on any atom is -0.315 e. The summed E-state index contributed by atoms with van der Waals surface area (Å²) in [6.07, 6.45) is 2.88. The van der Waals surface area contributed by atoms with Crippen LogP contribution in [-0.2, 0) is 0 Å². The molecule has 1 aromatic heterocycles. The maximum absolute atomic E-state index is 12.4. The van der Waals surface area contributed by atoms with E-state index in [1.54, 1.807) is 6.20 Å². The standard InChI is InChI=1S/C16H19N3O/c20-16(12-19-9-2-6-17-8-10-19)14-4-5-15-13(11-14)3-1-7-18-15/h1,3-5,7,11,17H,2,6,8-10,12H2. The summed E-state index contributed by atoms with van der Waals surface area (Å²) >= 11 is 0. The summed E-state index contributed by atoms with van der Waals surface area (Å²) in [5.74, 6) is 0.192. The van der Waals surface area contributed by atoms with Crippen LogP contribution < -0.4 is 5.32 Å². The van der Waals surface area contributed by atoms with Gasteiger partial charge in [0, 0.05) is 30.2 Å². The molecule has 1 aliphatic heterocycles. The van der Waals surface area contributed by atoms with E-state index in [1.165, 1.54) is 0 Å². The molecule has 1 fully saturated rings. The maximum Gasteiger partial charge on any atom is 0.176 e. The molecule has 0 radical (unpaired) electrons. The van der Waals surface area contributed by atoms with Crippen molar-refractivity contribution in [3.05, 3.63) is 42.1 Å². The topological polar surface area (TPSA) is 45.2 Å². The molecule has 0 unspecified atom stereocenters. The molecular weight excluding hydrogens is 250 g/mol.